The van der Waals surface area contributed by atoms with Gasteiger partial charge in [0.15, 0.2) is 0 Å². The summed E-state index contributed by atoms with van der Waals surface area (Å²) in [5.41, 5.74) is 2.32. The number of methoxy groups -OCH3 is 2. The van der Waals surface area contributed by atoms with Gasteiger partial charge in [0.2, 0.25) is 5.91 Å². The number of carbonyl (C=O) groups is 3. The molecular weight excluding hydrogens is 562 g/mol. The fraction of sp³-hybridized carbons (Fsp3) is 0.147. The van der Waals surface area contributed by atoms with Crippen LogP contribution in [0.1, 0.15) is 29.3 Å². The molecule has 1 unspecified atom stereocenters. The summed E-state index contributed by atoms with van der Waals surface area (Å²) in [5, 5.41) is 8.15. The highest BCUT2D eigenvalue weighted by atomic mass is 32.2. The van der Waals surface area contributed by atoms with E-state index < -0.39 is 17.1 Å². The molecule has 0 heterocycles. The fourth-order valence-corrected chi connectivity index (χ4v) is 5.13. The average molecular weight is 596 g/mol. The Morgan fingerprint density at radius 3 is 2.21 bits per heavy atom. The number of thioether (sulfide) groups is 1. The van der Waals surface area contributed by atoms with E-state index >= 15 is 0 Å². The van der Waals surface area contributed by atoms with Gasteiger partial charge in [-0.25, -0.2) is 0 Å². The Morgan fingerprint density at radius 1 is 0.814 bits per heavy atom. The number of nitrogens with one attached hydrogen (secondary N) is 3. The summed E-state index contributed by atoms with van der Waals surface area (Å²) in [7, 11) is 3.10. The number of rotatable bonds is 12. The molecule has 4 rings (SSSR count). The maximum Gasteiger partial charge on any atom is 0.272 e. The molecule has 220 valence electrons. The van der Waals surface area contributed by atoms with Gasteiger partial charge in [-0.15, -0.1) is 11.8 Å². The van der Waals surface area contributed by atoms with Gasteiger partial charge in [0.25, 0.3) is 11.8 Å². The SMILES string of the molecule is CCC(Sc1cccc(NC(=O)/C(=C/c2ccccc2)NC(=O)c2ccccc2)c1)C(=O)Nc1cc(OC)ccc1OC. The number of hydrogen-bond donors (Lipinski definition) is 3. The minimum absolute atomic E-state index is 0.0937. The van der Waals surface area contributed by atoms with Crippen LogP contribution in [0.4, 0.5) is 11.4 Å². The average Bonchev–Trinajstić information content (AvgIpc) is 3.04. The molecule has 9 heteroatoms. The highest BCUT2D eigenvalue weighted by molar-refractivity contribution is 8.00. The summed E-state index contributed by atoms with van der Waals surface area (Å²) in [6.07, 6.45) is 2.19. The molecule has 0 aliphatic heterocycles. The summed E-state index contributed by atoms with van der Waals surface area (Å²) >= 11 is 1.38. The van der Waals surface area contributed by atoms with Crippen LogP contribution >= 0.6 is 11.8 Å². The lowest BCUT2D eigenvalue weighted by Crippen LogP contribution is -2.30. The van der Waals surface area contributed by atoms with Crippen molar-refractivity contribution in [1.29, 1.82) is 0 Å². The van der Waals surface area contributed by atoms with Gasteiger partial charge >= 0.3 is 0 Å². The molecule has 0 radical (unpaired) electrons. The quantitative estimate of drug-likeness (QED) is 0.126. The van der Waals surface area contributed by atoms with Gasteiger partial charge in [-0.05, 0) is 60.5 Å². The van der Waals surface area contributed by atoms with Crippen molar-refractivity contribution in [1.82, 2.24) is 5.32 Å². The zero-order chi connectivity index (χ0) is 30.6. The summed E-state index contributed by atoms with van der Waals surface area (Å²) in [6, 6.07) is 30.4. The van der Waals surface area contributed by atoms with Crippen molar-refractivity contribution < 1.29 is 23.9 Å². The van der Waals surface area contributed by atoms with Crippen molar-refractivity contribution in [3.63, 3.8) is 0 Å². The minimum Gasteiger partial charge on any atom is -0.497 e. The van der Waals surface area contributed by atoms with Crippen LogP contribution in [0.15, 0.2) is 114 Å². The molecule has 0 saturated carbocycles. The topological polar surface area (TPSA) is 106 Å². The van der Waals surface area contributed by atoms with Crippen molar-refractivity contribution in [2.75, 3.05) is 24.9 Å². The first-order valence-electron chi connectivity index (χ1n) is 13.6. The van der Waals surface area contributed by atoms with Gasteiger partial charge in [-0.3, -0.25) is 14.4 Å². The zero-order valence-corrected chi connectivity index (χ0v) is 24.9. The van der Waals surface area contributed by atoms with Crippen molar-refractivity contribution in [3.8, 4) is 11.5 Å². The van der Waals surface area contributed by atoms with Crippen molar-refractivity contribution in [2.45, 2.75) is 23.5 Å². The number of amides is 3. The normalized spacial score (nSPS) is 11.7. The molecule has 0 aromatic heterocycles. The lowest BCUT2D eigenvalue weighted by atomic mass is 10.1. The molecule has 0 saturated heterocycles. The van der Waals surface area contributed by atoms with Crippen LogP contribution in [-0.2, 0) is 9.59 Å². The van der Waals surface area contributed by atoms with Gasteiger partial charge in [0.1, 0.15) is 17.2 Å². The van der Waals surface area contributed by atoms with Crippen LogP contribution < -0.4 is 25.4 Å². The van der Waals surface area contributed by atoms with E-state index in [9.17, 15) is 14.4 Å². The van der Waals surface area contributed by atoms with E-state index in [0.717, 1.165) is 10.5 Å². The Labute approximate surface area is 255 Å². The van der Waals surface area contributed by atoms with E-state index in [1.54, 1.807) is 73.8 Å². The molecule has 1 atom stereocenters. The van der Waals surface area contributed by atoms with Crippen LogP contribution in [0.3, 0.4) is 0 Å². The van der Waals surface area contributed by atoms with E-state index in [-0.39, 0.29) is 11.6 Å². The van der Waals surface area contributed by atoms with Crippen molar-refractivity contribution in [3.05, 3.63) is 120 Å². The third kappa shape index (κ3) is 8.73. The third-order valence-corrected chi connectivity index (χ3v) is 7.70. The molecule has 3 N–H and O–H groups in total. The monoisotopic (exact) mass is 595 g/mol. The van der Waals surface area contributed by atoms with Gasteiger partial charge in [0.05, 0.1) is 25.2 Å². The molecule has 43 heavy (non-hydrogen) atoms. The molecule has 0 bridgehead atoms. The third-order valence-electron chi connectivity index (χ3n) is 6.34. The Balaban J connectivity index is 1.49. The first-order valence-corrected chi connectivity index (χ1v) is 14.5. The summed E-state index contributed by atoms with van der Waals surface area (Å²) in [4.78, 5) is 40.3. The van der Waals surface area contributed by atoms with Crippen LogP contribution in [0.2, 0.25) is 0 Å². The Bertz CT molecular complexity index is 1590. The minimum atomic E-state index is -0.481. The second-order valence-corrected chi connectivity index (χ2v) is 10.6. The number of ether oxygens (including phenoxy) is 2. The molecule has 0 spiro atoms. The van der Waals surface area contributed by atoms with E-state index in [4.69, 9.17) is 9.47 Å². The zero-order valence-electron chi connectivity index (χ0n) is 24.1. The first-order chi connectivity index (χ1) is 20.9. The molecule has 3 amide bonds. The molecule has 4 aromatic carbocycles. The number of anilines is 2. The highest BCUT2D eigenvalue weighted by Gasteiger charge is 2.21. The van der Waals surface area contributed by atoms with Crippen LogP contribution in [-0.4, -0.2) is 37.2 Å². The number of carbonyl (C=O) groups excluding carboxylic acids is 3. The smallest absolute Gasteiger partial charge is 0.272 e. The van der Waals surface area contributed by atoms with Gasteiger partial charge in [-0.1, -0.05) is 61.5 Å². The number of benzene rings is 4. The standard InChI is InChI=1S/C34H33N3O5S/c1-4-31(34(40)36-28-22-26(41-2)18-19-30(28)42-3)43-27-17-11-16-25(21-27)35-33(39)29(20-23-12-7-5-8-13-23)37-32(38)24-14-9-6-10-15-24/h5-22,31H,4H2,1-3H3,(H,35,39)(H,36,40)(H,37,38)/b29-20-. The summed E-state index contributed by atoms with van der Waals surface area (Å²) in [5.74, 6) is 0.0559. The Kier molecular flexibility index (Phi) is 11.0. The summed E-state index contributed by atoms with van der Waals surface area (Å²) < 4.78 is 10.7. The maximum absolute atomic E-state index is 13.4. The number of hydrogen-bond acceptors (Lipinski definition) is 6. The van der Waals surface area contributed by atoms with E-state index in [1.807, 2.05) is 49.4 Å². The second kappa shape index (κ2) is 15.3. The molecule has 0 aliphatic rings. The lowest BCUT2D eigenvalue weighted by molar-refractivity contribution is -0.116. The fourth-order valence-electron chi connectivity index (χ4n) is 4.12. The van der Waals surface area contributed by atoms with Gasteiger partial charge < -0.3 is 25.4 Å². The largest absolute Gasteiger partial charge is 0.497 e. The van der Waals surface area contributed by atoms with Gasteiger partial charge in [-0.2, -0.15) is 0 Å². The van der Waals surface area contributed by atoms with Crippen molar-refractivity contribution in [2.24, 2.45) is 0 Å². The Hall–Kier alpha value is -5.02. The predicted molar refractivity (Wildman–Crippen MR) is 172 cm³/mol. The molecule has 0 fully saturated rings. The van der Waals surface area contributed by atoms with E-state index in [2.05, 4.69) is 16.0 Å². The molecular formula is C34H33N3O5S. The second-order valence-electron chi connectivity index (χ2n) is 9.34. The maximum atomic E-state index is 13.4. The predicted octanol–water partition coefficient (Wildman–Crippen LogP) is 6.62. The van der Waals surface area contributed by atoms with E-state index in [0.29, 0.717) is 34.9 Å². The molecule has 4 aromatic rings. The summed E-state index contributed by atoms with van der Waals surface area (Å²) in [6.45, 7) is 1.93. The van der Waals surface area contributed by atoms with Gasteiger partial charge in [0, 0.05) is 22.2 Å². The lowest BCUT2D eigenvalue weighted by Gasteiger charge is -2.17. The van der Waals surface area contributed by atoms with E-state index in [1.165, 1.54) is 18.9 Å². The first kappa shape index (κ1) is 30.9. The highest BCUT2D eigenvalue weighted by Crippen LogP contribution is 2.32. The van der Waals surface area contributed by atoms with Crippen LogP contribution in [0, 0.1) is 0 Å². The van der Waals surface area contributed by atoms with Crippen molar-refractivity contribution >= 4 is 46.9 Å². The molecule has 0 aliphatic carbocycles. The molecule has 8 nitrogen and oxygen atoms in total. The Morgan fingerprint density at radius 2 is 1.53 bits per heavy atom. The van der Waals surface area contributed by atoms with Crippen LogP contribution in [0.5, 0.6) is 11.5 Å². The van der Waals surface area contributed by atoms with Crippen LogP contribution in [0.25, 0.3) is 6.08 Å².